The number of hydrogen-bond donors (Lipinski definition) is 4. The molecule has 1 saturated heterocycles. The standard InChI is InChI=1S/C9H14N3O7P/c10-9(14)5-2-12(4-11-5)8-1-6(13)7(19-8)3-18-20(15,16)17/h2,4,6-8,13H,1,3H2,(H2,10,14)(H2,15,16,17)/t6-,7+,8+/m0/s1. The number of nitrogens with zero attached hydrogens (tertiary/aromatic N) is 2. The van der Waals surface area contributed by atoms with E-state index in [1.165, 1.54) is 17.1 Å². The number of rotatable bonds is 5. The summed E-state index contributed by atoms with van der Waals surface area (Å²) in [6.07, 6.45) is 0.411. The van der Waals surface area contributed by atoms with E-state index < -0.39 is 38.8 Å². The van der Waals surface area contributed by atoms with E-state index in [0.717, 1.165) is 0 Å². The fourth-order valence-electron chi connectivity index (χ4n) is 1.84. The number of carbonyl (C=O) groups is 1. The van der Waals surface area contributed by atoms with Crippen LogP contribution in [0.25, 0.3) is 0 Å². The van der Waals surface area contributed by atoms with E-state index in [1.807, 2.05) is 0 Å². The molecule has 1 aliphatic heterocycles. The number of aromatic nitrogens is 2. The highest BCUT2D eigenvalue weighted by atomic mass is 31.2. The molecule has 1 fully saturated rings. The maximum absolute atomic E-state index is 10.9. The smallest absolute Gasteiger partial charge is 0.390 e. The summed E-state index contributed by atoms with van der Waals surface area (Å²) in [5.74, 6) is -0.691. The summed E-state index contributed by atoms with van der Waals surface area (Å²) in [6, 6.07) is 0. The van der Waals surface area contributed by atoms with Crippen molar-refractivity contribution in [2.75, 3.05) is 6.61 Å². The average molecular weight is 307 g/mol. The van der Waals surface area contributed by atoms with Crippen LogP contribution < -0.4 is 5.73 Å². The van der Waals surface area contributed by atoms with E-state index in [1.54, 1.807) is 0 Å². The molecule has 3 atom stereocenters. The summed E-state index contributed by atoms with van der Waals surface area (Å²) in [6.45, 7) is -0.445. The molecule has 2 heterocycles. The van der Waals surface area contributed by atoms with E-state index in [0.29, 0.717) is 0 Å². The van der Waals surface area contributed by atoms with Crippen LogP contribution in [0.2, 0.25) is 0 Å². The van der Waals surface area contributed by atoms with Crippen molar-refractivity contribution in [3.05, 3.63) is 18.2 Å². The lowest BCUT2D eigenvalue weighted by atomic mass is 10.2. The summed E-state index contributed by atoms with van der Waals surface area (Å²) >= 11 is 0. The van der Waals surface area contributed by atoms with E-state index in [4.69, 9.17) is 20.3 Å². The zero-order valence-corrected chi connectivity index (χ0v) is 11.1. The highest BCUT2D eigenvalue weighted by Gasteiger charge is 2.36. The van der Waals surface area contributed by atoms with Crippen molar-refractivity contribution in [3.8, 4) is 0 Å². The number of phosphoric acid groups is 1. The molecule has 10 nitrogen and oxygen atoms in total. The summed E-state index contributed by atoms with van der Waals surface area (Å²) < 4.78 is 21.7. The first-order valence-electron chi connectivity index (χ1n) is 5.63. The minimum atomic E-state index is -4.62. The highest BCUT2D eigenvalue weighted by Crippen LogP contribution is 2.38. The lowest BCUT2D eigenvalue weighted by Crippen LogP contribution is -2.25. The molecule has 0 aliphatic carbocycles. The van der Waals surface area contributed by atoms with E-state index in [2.05, 4.69) is 9.51 Å². The summed E-state index contributed by atoms with van der Waals surface area (Å²) in [5, 5.41) is 9.75. The Morgan fingerprint density at radius 2 is 2.35 bits per heavy atom. The van der Waals surface area contributed by atoms with Crippen molar-refractivity contribution >= 4 is 13.7 Å². The van der Waals surface area contributed by atoms with Gasteiger partial charge in [0, 0.05) is 12.6 Å². The van der Waals surface area contributed by atoms with E-state index >= 15 is 0 Å². The van der Waals surface area contributed by atoms with Gasteiger partial charge in [-0.2, -0.15) is 0 Å². The Balaban J connectivity index is 1.98. The lowest BCUT2D eigenvalue weighted by molar-refractivity contribution is -0.0435. The largest absolute Gasteiger partial charge is 0.469 e. The number of imidazole rings is 1. The lowest BCUT2D eigenvalue weighted by Gasteiger charge is -2.15. The van der Waals surface area contributed by atoms with Gasteiger partial charge >= 0.3 is 7.82 Å². The van der Waals surface area contributed by atoms with Gasteiger partial charge in [0.2, 0.25) is 0 Å². The van der Waals surface area contributed by atoms with Gasteiger partial charge in [-0.3, -0.25) is 9.32 Å². The Bertz CT molecular complexity index is 541. The van der Waals surface area contributed by atoms with Crippen LogP contribution in [-0.4, -0.2) is 49.2 Å². The Labute approximate surface area is 113 Å². The molecule has 0 spiro atoms. The maximum atomic E-state index is 10.9. The topological polar surface area (TPSA) is 157 Å². The monoisotopic (exact) mass is 307 g/mol. The molecule has 1 aromatic rings. The molecule has 11 heteroatoms. The van der Waals surface area contributed by atoms with Gasteiger partial charge in [0.25, 0.3) is 5.91 Å². The van der Waals surface area contributed by atoms with Gasteiger partial charge in [0.05, 0.1) is 19.0 Å². The Hall–Kier alpha value is -1.29. The SMILES string of the molecule is NC(=O)c1cn([C@H]2C[C@H](O)[C@@H](COP(=O)(O)O)O2)cn1. The minimum absolute atomic E-state index is 0.0537. The molecule has 0 saturated carbocycles. The predicted molar refractivity (Wildman–Crippen MR) is 63.3 cm³/mol. The van der Waals surface area contributed by atoms with Crippen LogP contribution in [0.5, 0.6) is 0 Å². The number of phosphoric ester groups is 1. The van der Waals surface area contributed by atoms with Crippen LogP contribution in [0.15, 0.2) is 12.5 Å². The Morgan fingerprint density at radius 1 is 1.65 bits per heavy atom. The van der Waals surface area contributed by atoms with Crippen LogP contribution in [0, 0.1) is 0 Å². The van der Waals surface area contributed by atoms with Gasteiger partial charge < -0.3 is 29.9 Å². The van der Waals surface area contributed by atoms with Crippen LogP contribution >= 0.6 is 7.82 Å². The third-order valence-electron chi connectivity index (χ3n) is 2.80. The number of carbonyl (C=O) groups excluding carboxylic acids is 1. The molecule has 0 unspecified atom stereocenters. The van der Waals surface area contributed by atoms with Crippen molar-refractivity contribution in [1.82, 2.24) is 9.55 Å². The van der Waals surface area contributed by atoms with E-state index in [9.17, 15) is 14.5 Å². The van der Waals surface area contributed by atoms with Crippen molar-refractivity contribution in [1.29, 1.82) is 0 Å². The molecule has 2 rings (SSSR count). The van der Waals surface area contributed by atoms with Gasteiger partial charge in [-0.05, 0) is 0 Å². The number of aliphatic hydroxyl groups is 1. The van der Waals surface area contributed by atoms with Gasteiger partial charge in [0.1, 0.15) is 18.0 Å². The summed E-state index contributed by atoms with van der Waals surface area (Å²) in [4.78, 5) is 31.9. The van der Waals surface area contributed by atoms with Gasteiger partial charge in [0.15, 0.2) is 0 Å². The second kappa shape index (κ2) is 5.60. The quantitative estimate of drug-likeness (QED) is 0.491. The second-order valence-electron chi connectivity index (χ2n) is 4.29. The number of primary amides is 1. The van der Waals surface area contributed by atoms with Gasteiger partial charge in [-0.25, -0.2) is 9.55 Å². The third-order valence-corrected chi connectivity index (χ3v) is 3.28. The summed E-state index contributed by atoms with van der Waals surface area (Å²) in [5.41, 5.74) is 5.12. The molecule has 20 heavy (non-hydrogen) atoms. The van der Waals surface area contributed by atoms with Crippen LogP contribution in [-0.2, 0) is 13.8 Å². The fourth-order valence-corrected chi connectivity index (χ4v) is 2.18. The predicted octanol–water partition coefficient (Wildman–Crippen LogP) is -1.26. The number of amides is 1. The molecule has 0 radical (unpaired) electrons. The zero-order valence-electron chi connectivity index (χ0n) is 10.2. The minimum Gasteiger partial charge on any atom is -0.390 e. The number of aliphatic hydroxyl groups excluding tert-OH is 1. The third kappa shape index (κ3) is 3.63. The molecule has 0 bridgehead atoms. The molecule has 1 aromatic heterocycles. The molecular formula is C9H14N3O7P. The first-order chi connectivity index (χ1) is 9.26. The second-order valence-corrected chi connectivity index (χ2v) is 5.53. The first kappa shape index (κ1) is 15.1. The summed E-state index contributed by atoms with van der Waals surface area (Å²) in [7, 11) is -4.62. The van der Waals surface area contributed by atoms with Gasteiger partial charge in [-0.1, -0.05) is 0 Å². The van der Waals surface area contributed by atoms with Crippen LogP contribution in [0.4, 0.5) is 0 Å². The van der Waals surface area contributed by atoms with Crippen molar-refractivity contribution < 1.29 is 33.5 Å². The molecule has 1 amide bonds. The van der Waals surface area contributed by atoms with Crippen molar-refractivity contribution in [2.24, 2.45) is 5.73 Å². The van der Waals surface area contributed by atoms with Crippen molar-refractivity contribution in [2.45, 2.75) is 24.9 Å². The Kier molecular flexibility index (Phi) is 4.23. The molecule has 1 aliphatic rings. The number of hydrogen-bond acceptors (Lipinski definition) is 6. The Morgan fingerprint density at radius 3 is 2.90 bits per heavy atom. The average Bonchev–Trinajstić information content (AvgIpc) is 2.91. The van der Waals surface area contributed by atoms with Gasteiger partial charge in [-0.15, -0.1) is 0 Å². The van der Waals surface area contributed by atoms with Crippen LogP contribution in [0.1, 0.15) is 23.1 Å². The normalized spacial score (nSPS) is 26.9. The molecule has 0 aromatic carbocycles. The molecule has 5 N–H and O–H groups in total. The fraction of sp³-hybridized carbons (Fsp3) is 0.556. The molecular weight excluding hydrogens is 293 g/mol. The maximum Gasteiger partial charge on any atom is 0.469 e. The zero-order chi connectivity index (χ0) is 14.9. The highest BCUT2D eigenvalue weighted by molar-refractivity contribution is 7.46. The number of nitrogens with two attached hydrogens (primary N) is 1. The van der Waals surface area contributed by atoms with Crippen LogP contribution in [0.3, 0.4) is 0 Å². The first-order valence-corrected chi connectivity index (χ1v) is 7.16. The molecule has 112 valence electrons. The van der Waals surface area contributed by atoms with Crippen molar-refractivity contribution in [3.63, 3.8) is 0 Å². The number of ether oxygens (including phenoxy) is 1. The van der Waals surface area contributed by atoms with E-state index in [-0.39, 0.29) is 12.1 Å².